The maximum Gasteiger partial charge on any atom is 0.254 e. The smallest absolute Gasteiger partial charge is 0.254 e. The molecule has 1 aliphatic rings. The second kappa shape index (κ2) is 9.81. The average Bonchev–Trinajstić information content (AvgIpc) is 2.84. The van der Waals surface area contributed by atoms with E-state index in [1.54, 1.807) is 23.1 Å². The van der Waals surface area contributed by atoms with Crippen LogP contribution in [0.1, 0.15) is 31.8 Å². The van der Waals surface area contributed by atoms with Crippen molar-refractivity contribution in [3.63, 3.8) is 0 Å². The van der Waals surface area contributed by atoms with Crippen LogP contribution in [-0.2, 0) is 6.61 Å². The SMILES string of the molecule is Cc1cccc(COc2cccc(C(=O)N3CCN(C(=O)c4ccc(F)c(F)c4)CC3)c2)c1. The molecule has 0 N–H and O–H groups in total. The Morgan fingerprint density at radius 3 is 2.06 bits per heavy atom. The summed E-state index contributed by atoms with van der Waals surface area (Å²) >= 11 is 0. The third kappa shape index (κ3) is 5.37. The molecule has 1 saturated heterocycles. The van der Waals surface area contributed by atoms with Gasteiger partial charge in [0.1, 0.15) is 12.4 Å². The summed E-state index contributed by atoms with van der Waals surface area (Å²) in [5, 5.41) is 0. The number of rotatable bonds is 5. The molecule has 0 spiro atoms. The number of halogens is 2. The zero-order valence-corrected chi connectivity index (χ0v) is 18.3. The fraction of sp³-hybridized carbons (Fsp3) is 0.231. The first-order valence-electron chi connectivity index (χ1n) is 10.7. The molecule has 0 aliphatic carbocycles. The second-order valence-electron chi connectivity index (χ2n) is 8.02. The lowest BCUT2D eigenvalue weighted by molar-refractivity contribution is 0.0535. The van der Waals surface area contributed by atoms with Crippen LogP contribution in [0.25, 0.3) is 0 Å². The summed E-state index contributed by atoms with van der Waals surface area (Å²) in [6.07, 6.45) is 0. The number of amides is 2. The zero-order valence-electron chi connectivity index (χ0n) is 18.3. The van der Waals surface area contributed by atoms with Gasteiger partial charge < -0.3 is 14.5 Å². The van der Waals surface area contributed by atoms with Crippen LogP contribution in [0.15, 0.2) is 66.7 Å². The summed E-state index contributed by atoms with van der Waals surface area (Å²) in [6.45, 7) is 3.75. The first-order valence-corrected chi connectivity index (χ1v) is 10.7. The second-order valence-corrected chi connectivity index (χ2v) is 8.02. The van der Waals surface area contributed by atoms with Crippen molar-refractivity contribution in [2.45, 2.75) is 13.5 Å². The Bertz CT molecular complexity index is 1170. The Kier molecular flexibility index (Phi) is 6.68. The molecule has 0 aromatic heterocycles. The van der Waals surface area contributed by atoms with Crippen molar-refractivity contribution in [3.05, 3.63) is 101 Å². The summed E-state index contributed by atoms with van der Waals surface area (Å²) in [5.74, 6) is -1.97. The van der Waals surface area contributed by atoms with E-state index in [0.717, 1.165) is 23.3 Å². The lowest BCUT2D eigenvalue weighted by atomic mass is 10.1. The summed E-state index contributed by atoms with van der Waals surface area (Å²) in [7, 11) is 0. The Labute approximate surface area is 191 Å². The molecule has 1 heterocycles. The predicted octanol–water partition coefficient (Wildman–Crippen LogP) is 4.45. The van der Waals surface area contributed by atoms with E-state index in [0.29, 0.717) is 44.1 Å². The van der Waals surface area contributed by atoms with Crippen LogP contribution in [0.4, 0.5) is 8.78 Å². The van der Waals surface area contributed by atoms with Gasteiger partial charge in [-0.05, 0) is 48.9 Å². The van der Waals surface area contributed by atoms with E-state index >= 15 is 0 Å². The number of hydrogen-bond donors (Lipinski definition) is 0. The number of ether oxygens (including phenoxy) is 1. The van der Waals surface area contributed by atoms with E-state index in [4.69, 9.17) is 4.74 Å². The predicted molar refractivity (Wildman–Crippen MR) is 120 cm³/mol. The largest absolute Gasteiger partial charge is 0.489 e. The topological polar surface area (TPSA) is 49.9 Å². The van der Waals surface area contributed by atoms with E-state index in [-0.39, 0.29) is 17.4 Å². The van der Waals surface area contributed by atoms with Crippen molar-refractivity contribution in [1.82, 2.24) is 9.80 Å². The number of carbonyl (C=O) groups excluding carboxylic acids is 2. The Morgan fingerprint density at radius 1 is 0.788 bits per heavy atom. The van der Waals surface area contributed by atoms with Crippen molar-refractivity contribution in [3.8, 4) is 5.75 Å². The van der Waals surface area contributed by atoms with Crippen LogP contribution in [0.5, 0.6) is 5.75 Å². The first kappa shape index (κ1) is 22.5. The molecule has 0 unspecified atom stereocenters. The van der Waals surface area contributed by atoms with Gasteiger partial charge in [0.15, 0.2) is 11.6 Å². The van der Waals surface area contributed by atoms with E-state index in [9.17, 15) is 18.4 Å². The van der Waals surface area contributed by atoms with Crippen molar-refractivity contribution in [2.75, 3.05) is 26.2 Å². The van der Waals surface area contributed by atoms with E-state index in [2.05, 4.69) is 6.07 Å². The van der Waals surface area contributed by atoms with Gasteiger partial charge in [-0.15, -0.1) is 0 Å². The molecular formula is C26H24F2N2O3. The molecule has 3 aromatic rings. The lowest BCUT2D eigenvalue weighted by Crippen LogP contribution is -2.50. The Balaban J connectivity index is 1.35. The summed E-state index contributed by atoms with van der Waals surface area (Å²) < 4.78 is 32.4. The van der Waals surface area contributed by atoms with E-state index in [1.165, 1.54) is 11.0 Å². The highest BCUT2D eigenvalue weighted by Gasteiger charge is 2.26. The molecule has 4 rings (SSSR count). The molecule has 33 heavy (non-hydrogen) atoms. The molecule has 7 heteroatoms. The minimum Gasteiger partial charge on any atom is -0.489 e. The number of aryl methyl sites for hydroxylation is 1. The van der Waals surface area contributed by atoms with Crippen LogP contribution in [0, 0.1) is 18.6 Å². The van der Waals surface area contributed by atoms with Gasteiger partial charge in [-0.1, -0.05) is 35.9 Å². The van der Waals surface area contributed by atoms with Gasteiger partial charge in [0.25, 0.3) is 11.8 Å². The molecule has 3 aromatic carbocycles. The highest BCUT2D eigenvalue weighted by Crippen LogP contribution is 2.19. The Hall–Kier alpha value is -3.74. The van der Waals surface area contributed by atoms with Gasteiger partial charge >= 0.3 is 0 Å². The van der Waals surface area contributed by atoms with Crippen LogP contribution >= 0.6 is 0 Å². The number of benzene rings is 3. The molecule has 2 amide bonds. The highest BCUT2D eigenvalue weighted by molar-refractivity contribution is 5.96. The minimum atomic E-state index is -1.06. The van der Waals surface area contributed by atoms with Gasteiger partial charge in [-0.3, -0.25) is 9.59 Å². The van der Waals surface area contributed by atoms with Crippen molar-refractivity contribution < 1.29 is 23.1 Å². The monoisotopic (exact) mass is 450 g/mol. The molecule has 0 saturated carbocycles. The maximum absolute atomic E-state index is 13.5. The number of piperazine rings is 1. The van der Waals surface area contributed by atoms with Crippen LogP contribution in [0.2, 0.25) is 0 Å². The van der Waals surface area contributed by atoms with Crippen molar-refractivity contribution in [2.24, 2.45) is 0 Å². The summed E-state index contributed by atoms with van der Waals surface area (Å²) in [5.41, 5.74) is 2.81. The molecular weight excluding hydrogens is 426 g/mol. The molecule has 1 aliphatic heterocycles. The van der Waals surface area contributed by atoms with Crippen molar-refractivity contribution >= 4 is 11.8 Å². The quantitative estimate of drug-likeness (QED) is 0.577. The number of nitrogens with zero attached hydrogens (tertiary/aromatic N) is 2. The normalized spacial score (nSPS) is 13.7. The van der Waals surface area contributed by atoms with Gasteiger partial charge in [0, 0.05) is 37.3 Å². The zero-order chi connectivity index (χ0) is 23.4. The van der Waals surface area contributed by atoms with Crippen LogP contribution in [0.3, 0.4) is 0 Å². The number of carbonyl (C=O) groups is 2. The third-order valence-corrected chi connectivity index (χ3v) is 5.59. The molecule has 0 radical (unpaired) electrons. The summed E-state index contributed by atoms with van der Waals surface area (Å²) in [6, 6.07) is 18.2. The summed E-state index contributed by atoms with van der Waals surface area (Å²) in [4.78, 5) is 28.8. The number of hydrogen-bond acceptors (Lipinski definition) is 3. The average molecular weight is 450 g/mol. The van der Waals surface area contributed by atoms with Crippen LogP contribution in [-0.4, -0.2) is 47.8 Å². The fourth-order valence-corrected chi connectivity index (χ4v) is 3.79. The lowest BCUT2D eigenvalue weighted by Gasteiger charge is -2.35. The Morgan fingerprint density at radius 2 is 1.42 bits per heavy atom. The fourth-order valence-electron chi connectivity index (χ4n) is 3.79. The van der Waals surface area contributed by atoms with Crippen LogP contribution < -0.4 is 4.74 Å². The van der Waals surface area contributed by atoms with E-state index in [1.807, 2.05) is 31.2 Å². The van der Waals surface area contributed by atoms with E-state index < -0.39 is 11.6 Å². The minimum absolute atomic E-state index is 0.0899. The van der Waals surface area contributed by atoms with Gasteiger partial charge in [-0.25, -0.2) is 8.78 Å². The highest BCUT2D eigenvalue weighted by atomic mass is 19.2. The maximum atomic E-state index is 13.5. The van der Waals surface area contributed by atoms with Gasteiger partial charge in [-0.2, -0.15) is 0 Å². The molecule has 0 bridgehead atoms. The van der Waals surface area contributed by atoms with Gasteiger partial charge in [0.2, 0.25) is 0 Å². The van der Waals surface area contributed by atoms with Gasteiger partial charge in [0.05, 0.1) is 0 Å². The standard InChI is InChI=1S/C26H24F2N2O3/c1-18-4-2-5-19(14-18)17-33-22-7-3-6-20(15-22)25(31)29-10-12-30(13-11-29)26(32)21-8-9-23(27)24(28)16-21/h2-9,14-16H,10-13,17H2,1H3. The molecule has 1 fully saturated rings. The molecule has 5 nitrogen and oxygen atoms in total. The first-order chi connectivity index (χ1) is 15.9. The third-order valence-electron chi connectivity index (χ3n) is 5.59. The molecule has 0 atom stereocenters. The van der Waals surface area contributed by atoms with Crippen molar-refractivity contribution in [1.29, 1.82) is 0 Å². The molecule has 170 valence electrons.